The largest absolute Gasteiger partial charge is 0.295 e. The molecule has 0 atom stereocenters. The summed E-state index contributed by atoms with van der Waals surface area (Å²) in [5.41, 5.74) is 2.22. The van der Waals surface area contributed by atoms with Crippen molar-refractivity contribution < 1.29 is 4.79 Å². The van der Waals surface area contributed by atoms with E-state index < -0.39 is 0 Å². The molecule has 0 aliphatic rings. The molecular weight excluding hydrogens is 330 g/mol. The van der Waals surface area contributed by atoms with E-state index in [-0.39, 0.29) is 5.91 Å². The molecule has 2 heterocycles. The number of rotatable bonds is 4. The maximum absolute atomic E-state index is 12.1. The van der Waals surface area contributed by atoms with Crippen molar-refractivity contribution in [1.82, 2.24) is 19.8 Å². The second-order valence-corrected chi connectivity index (χ2v) is 5.84. The Morgan fingerprint density at radius 2 is 2.29 bits per heavy atom. The molecule has 0 unspecified atom stereocenters. The lowest BCUT2D eigenvalue weighted by atomic mass is 10.1. The highest BCUT2D eigenvalue weighted by Crippen LogP contribution is 2.25. The fraction of sp³-hybridized carbons (Fsp3) is 0.0833. The first kappa shape index (κ1) is 14.1. The second kappa shape index (κ2) is 6.25. The maximum atomic E-state index is 12.1. The van der Waals surface area contributed by atoms with Gasteiger partial charge in [-0.2, -0.15) is 0 Å². The van der Waals surface area contributed by atoms with Crippen molar-refractivity contribution in [3.8, 4) is 10.6 Å². The first-order valence-electron chi connectivity index (χ1n) is 5.83. The van der Waals surface area contributed by atoms with Crippen LogP contribution in [0.5, 0.6) is 0 Å². The van der Waals surface area contributed by atoms with Crippen LogP contribution in [-0.4, -0.2) is 25.7 Å². The molecule has 1 amide bonds. The zero-order valence-electron chi connectivity index (χ0n) is 10.5. The number of alkyl halides is 1. The molecule has 0 radical (unpaired) electrons. The Kier molecular flexibility index (Phi) is 4.18. The third kappa shape index (κ3) is 3.23. The number of benzene rings is 1. The lowest BCUT2D eigenvalue weighted by molar-refractivity contribution is 0.102. The second-order valence-electron chi connectivity index (χ2n) is 3.98. The van der Waals surface area contributed by atoms with E-state index in [2.05, 4.69) is 25.1 Å². The summed E-state index contributed by atoms with van der Waals surface area (Å²) in [5, 5.41) is 12.8. The molecule has 9 heteroatoms. The quantitative estimate of drug-likeness (QED) is 0.740. The van der Waals surface area contributed by atoms with Gasteiger partial charge in [0.15, 0.2) is 0 Å². The molecular formula is C12H8ClN5OS2. The monoisotopic (exact) mass is 337 g/mol. The van der Waals surface area contributed by atoms with E-state index in [0.29, 0.717) is 16.6 Å². The first-order valence-corrected chi connectivity index (χ1v) is 8.02. The fourth-order valence-electron chi connectivity index (χ4n) is 1.65. The van der Waals surface area contributed by atoms with Crippen molar-refractivity contribution in [2.45, 2.75) is 5.88 Å². The smallest absolute Gasteiger partial charge is 0.257 e. The number of amides is 1. The summed E-state index contributed by atoms with van der Waals surface area (Å²) < 4.78 is 3.59. The van der Waals surface area contributed by atoms with E-state index in [1.54, 1.807) is 12.1 Å². The lowest BCUT2D eigenvalue weighted by Gasteiger charge is -2.02. The van der Waals surface area contributed by atoms with Crippen molar-refractivity contribution >= 4 is 45.5 Å². The van der Waals surface area contributed by atoms with Gasteiger partial charge in [-0.15, -0.1) is 22.9 Å². The molecule has 2 aromatic heterocycles. The summed E-state index contributed by atoms with van der Waals surface area (Å²) in [7, 11) is 0. The normalized spacial score (nSPS) is 10.5. The van der Waals surface area contributed by atoms with E-state index >= 15 is 0 Å². The average Bonchev–Trinajstić information content (AvgIpc) is 3.18. The predicted octanol–water partition coefficient (Wildman–Crippen LogP) is 3.05. The Hall–Kier alpha value is -1.90. The van der Waals surface area contributed by atoms with E-state index in [9.17, 15) is 4.79 Å². The van der Waals surface area contributed by atoms with Crippen LogP contribution in [0.25, 0.3) is 10.6 Å². The molecule has 3 aromatic rings. The minimum atomic E-state index is -0.260. The zero-order chi connectivity index (χ0) is 14.7. The molecule has 21 heavy (non-hydrogen) atoms. The highest BCUT2D eigenvalue weighted by atomic mass is 35.5. The Morgan fingerprint density at radius 3 is 3.00 bits per heavy atom. The van der Waals surface area contributed by atoms with Crippen LogP contribution in [0.4, 0.5) is 5.13 Å². The summed E-state index contributed by atoms with van der Waals surface area (Å²) in [5.74, 6) is 0.116. The van der Waals surface area contributed by atoms with Crippen molar-refractivity contribution in [3.05, 3.63) is 40.9 Å². The third-order valence-corrected chi connectivity index (χ3v) is 4.31. The number of halogens is 1. The highest BCUT2D eigenvalue weighted by molar-refractivity contribution is 7.13. The predicted molar refractivity (Wildman–Crippen MR) is 82.8 cm³/mol. The molecule has 0 fully saturated rings. The van der Waals surface area contributed by atoms with E-state index in [1.165, 1.54) is 11.3 Å². The van der Waals surface area contributed by atoms with Crippen molar-refractivity contribution in [1.29, 1.82) is 0 Å². The Bertz CT molecular complexity index is 759. The minimum absolute atomic E-state index is 0.260. The van der Waals surface area contributed by atoms with Gasteiger partial charge in [0.2, 0.25) is 5.13 Å². The molecule has 0 aliphatic carbocycles. The fourth-order valence-corrected chi connectivity index (χ4v) is 3.05. The first-order chi connectivity index (χ1) is 10.3. The number of aromatic nitrogens is 4. The van der Waals surface area contributed by atoms with Gasteiger partial charge in [-0.05, 0) is 17.3 Å². The number of nitrogens with one attached hydrogen (secondary N) is 1. The number of nitrogens with zero attached hydrogens (tertiary/aromatic N) is 4. The number of hydrogen-bond acceptors (Lipinski definition) is 7. The summed E-state index contributed by atoms with van der Waals surface area (Å²) >= 11 is 8.27. The van der Waals surface area contributed by atoms with Gasteiger partial charge in [0, 0.05) is 28.0 Å². The SMILES string of the molecule is O=C(Nc1nnns1)c1cccc(-c2nc(CCl)cs2)c1. The van der Waals surface area contributed by atoms with Crippen molar-refractivity contribution in [2.24, 2.45) is 0 Å². The number of carbonyl (C=O) groups is 1. The topological polar surface area (TPSA) is 80.7 Å². The van der Waals surface area contributed by atoms with Gasteiger partial charge in [-0.3, -0.25) is 10.1 Å². The van der Waals surface area contributed by atoms with Gasteiger partial charge >= 0.3 is 0 Å². The third-order valence-electron chi connectivity index (χ3n) is 2.58. The molecule has 0 saturated carbocycles. The van der Waals surface area contributed by atoms with Crippen molar-refractivity contribution in [3.63, 3.8) is 0 Å². The Labute approximate surface area is 133 Å². The summed E-state index contributed by atoms with van der Waals surface area (Å²) in [4.78, 5) is 16.5. The molecule has 0 aliphatic heterocycles. The number of thiazole rings is 1. The average molecular weight is 338 g/mol. The molecule has 3 rings (SSSR count). The van der Waals surface area contributed by atoms with Crippen LogP contribution < -0.4 is 5.32 Å². The van der Waals surface area contributed by atoms with Crippen LogP contribution >= 0.6 is 34.5 Å². The van der Waals surface area contributed by atoms with Gasteiger partial charge in [-0.25, -0.2) is 4.98 Å². The standard InChI is InChI=1S/C12H8ClN5OS2/c13-5-9-6-20-11(14-9)8-3-1-2-7(4-8)10(19)15-12-16-17-18-21-12/h1-4,6H,5H2,(H,15,16,18,19). The maximum Gasteiger partial charge on any atom is 0.257 e. The van der Waals surface area contributed by atoms with Crippen LogP contribution in [0.1, 0.15) is 16.1 Å². The Balaban J connectivity index is 1.84. The van der Waals surface area contributed by atoms with Crippen molar-refractivity contribution in [2.75, 3.05) is 5.32 Å². The minimum Gasteiger partial charge on any atom is -0.295 e. The van der Waals surface area contributed by atoms with Gasteiger partial charge in [0.25, 0.3) is 5.91 Å². The number of hydrogen-bond donors (Lipinski definition) is 1. The Morgan fingerprint density at radius 1 is 1.38 bits per heavy atom. The molecule has 106 valence electrons. The molecule has 0 bridgehead atoms. The zero-order valence-corrected chi connectivity index (χ0v) is 12.9. The molecule has 1 aromatic carbocycles. The van der Waals surface area contributed by atoms with E-state index in [4.69, 9.17) is 11.6 Å². The van der Waals surface area contributed by atoms with Gasteiger partial charge in [0.05, 0.1) is 11.6 Å². The molecule has 0 saturated heterocycles. The van der Waals surface area contributed by atoms with Gasteiger partial charge in [0.1, 0.15) is 5.01 Å². The summed E-state index contributed by atoms with van der Waals surface area (Å²) in [6, 6.07) is 7.22. The highest BCUT2D eigenvalue weighted by Gasteiger charge is 2.11. The molecule has 1 N–H and O–H groups in total. The van der Waals surface area contributed by atoms with Gasteiger partial charge < -0.3 is 0 Å². The molecule has 6 nitrogen and oxygen atoms in total. The van der Waals surface area contributed by atoms with E-state index in [1.807, 2.05) is 17.5 Å². The van der Waals surface area contributed by atoms with Gasteiger partial charge in [-0.1, -0.05) is 21.7 Å². The summed E-state index contributed by atoms with van der Waals surface area (Å²) in [6.07, 6.45) is 0. The lowest BCUT2D eigenvalue weighted by Crippen LogP contribution is -2.11. The van der Waals surface area contributed by atoms with Crippen LogP contribution in [-0.2, 0) is 5.88 Å². The van der Waals surface area contributed by atoms with Crippen LogP contribution in [0.2, 0.25) is 0 Å². The van der Waals surface area contributed by atoms with E-state index in [0.717, 1.165) is 27.8 Å². The van der Waals surface area contributed by atoms with Crippen LogP contribution in [0.3, 0.4) is 0 Å². The number of anilines is 1. The summed E-state index contributed by atoms with van der Waals surface area (Å²) in [6.45, 7) is 0. The molecule has 0 spiro atoms. The number of carbonyl (C=O) groups excluding carboxylic acids is 1. The van der Waals surface area contributed by atoms with Crippen LogP contribution in [0, 0.1) is 0 Å². The van der Waals surface area contributed by atoms with Crippen LogP contribution in [0.15, 0.2) is 29.6 Å².